The molecule has 3 rings (SSSR count). The molecule has 30 heavy (non-hydrogen) atoms. The molecule has 2 N–H and O–H groups in total. The lowest BCUT2D eigenvalue weighted by atomic mass is 10.2. The van der Waals surface area contributed by atoms with E-state index in [4.69, 9.17) is 10.00 Å². The van der Waals surface area contributed by atoms with E-state index in [0.29, 0.717) is 36.6 Å². The lowest BCUT2D eigenvalue weighted by molar-refractivity contribution is -0.117. The molecule has 0 aromatic heterocycles. The molecular weight excluding hydrogens is 387 g/mol. The van der Waals surface area contributed by atoms with Crippen LogP contribution < -0.4 is 10.1 Å². The fraction of sp³-hybridized carbons (Fsp3) is 0.364. The monoisotopic (exact) mass is 412 g/mol. The van der Waals surface area contributed by atoms with Crippen LogP contribution in [0, 0.1) is 17.1 Å². The number of carbonyl (C=O) groups is 1. The molecule has 1 saturated heterocycles. The molecule has 0 radical (unpaired) electrons. The summed E-state index contributed by atoms with van der Waals surface area (Å²) in [4.78, 5) is 16.3. The zero-order valence-corrected chi connectivity index (χ0v) is 16.6. The molecule has 1 atom stereocenters. The van der Waals surface area contributed by atoms with E-state index < -0.39 is 6.10 Å². The van der Waals surface area contributed by atoms with Crippen LogP contribution in [0.25, 0.3) is 0 Å². The molecule has 1 heterocycles. The minimum absolute atomic E-state index is 0.169. The number of carbonyl (C=O) groups excluding carboxylic acids is 1. The first-order chi connectivity index (χ1) is 14.5. The minimum Gasteiger partial charge on any atom is -0.491 e. The van der Waals surface area contributed by atoms with Crippen LogP contribution in [0.4, 0.5) is 10.1 Å². The van der Waals surface area contributed by atoms with E-state index in [2.05, 4.69) is 10.2 Å². The fourth-order valence-corrected chi connectivity index (χ4v) is 3.27. The predicted molar refractivity (Wildman–Crippen MR) is 111 cm³/mol. The molecular formula is C22H25FN4O3. The maximum atomic E-state index is 13.2. The van der Waals surface area contributed by atoms with Crippen molar-refractivity contribution in [3.05, 3.63) is 59.9 Å². The SMILES string of the molecule is N#Cc1ccc(OC[C@H](O)CN2CCN(CC(=O)Nc3cccc(F)c3)CC2)cc1. The highest BCUT2D eigenvalue weighted by molar-refractivity contribution is 5.92. The average molecular weight is 412 g/mol. The summed E-state index contributed by atoms with van der Waals surface area (Å²) in [5.41, 5.74) is 1.01. The van der Waals surface area contributed by atoms with Gasteiger partial charge in [-0.3, -0.25) is 14.6 Å². The Morgan fingerprint density at radius 1 is 1.17 bits per heavy atom. The number of nitriles is 1. The number of β-amino-alcohol motifs (C(OH)–C–C–N with tert-alkyl or cyclic N) is 1. The van der Waals surface area contributed by atoms with Gasteiger partial charge in [0.1, 0.15) is 24.3 Å². The summed E-state index contributed by atoms with van der Waals surface area (Å²) in [6.45, 7) is 3.79. The van der Waals surface area contributed by atoms with Crippen molar-refractivity contribution >= 4 is 11.6 Å². The predicted octanol–water partition coefficient (Wildman–Crippen LogP) is 1.69. The molecule has 0 saturated carbocycles. The molecule has 0 spiro atoms. The van der Waals surface area contributed by atoms with Crippen molar-refractivity contribution in [2.24, 2.45) is 0 Å². The lowest BCUT2D eigenvalue weighted by Gasteiger charge is -2.35. The number of hydrogen-bond acceptors (Lipinski definition) is 6. The van der Waals surface area contributed by atoms with Gasteiger partial charge in [-0.05, 0) is 42.5 Å². The quantitative estimate of drug-likeness (QED) is 0.686. The summed E-state index contributed by atoms with van der Waals surface area (Å²) in [5, 5.41) is 21.7. The second-order valence-electron chi connectivity index (χ2n) is 7.24. The number of nitrogens with zero attached hydrogens (tertiary/aromatic N) is 3. The molecule has 0 bridgehead atoms. The molecule has 1 fully saturated rings. The Morgan fingerprint density at radius 3 is 2.53 bits per heavy atom. The second kappa shape index (κ2) is 10.7. The van der Waals surface area contributed by atoms with Crippen LogP contribution in [0.5, 0.6) is 5.75 Å². The maximum Gasteiger partial charge on any atom is 0.238 e. The number of amides is 1. The third-order valence-electron chi connectivity index (χ3n) is 4.84. The summed E-state index contributed by atoms with van der Waals surface area (Å²) >= 11 is 0. The van der Waals surface area contributed by atoms with Gasteiger partial charge < -0.3 is 15.2 Å². The number of rotatable bonds is 8. The van der Waals surface area contributed by atoms with Gasteiger partial charge in [-0.15, -0.1) is 0 Å². The molecule has 158 valence electrons. The highest BCUT2D eigenvalue weighted by Gasteiger charge is 2.21. The summed E-state index contributed by atoms with van der Waals surface area (Å²) in [5.74, 6) is 0.0511. The Hall–Kier alpha value is -2.99. The first-order valence-electron chi connectivity index (χ1n) is 9.83. The normalized spacial score (nSPS) is 15.9. The minimum atomic E-state index is -0.636. The Kier molecular flexibility index (Phi) is 7.74. The van der Waals surface area contributed by atoms with Gasteiger partial charge in [0.05, 0.1) is 18.2 Å². The standard InChI is InChI=1S/C22H25FN4O3/c23-18-2-1-3-19(12-18)25-22(29)15-27-10-8-26(9-11-27)14-20(28)16-30-21-6-4-17(13-24)5-7-21/h1-7,12,20,28H,8-11,14-16H2,(H,25,29)/t20-/m1/s1. The number of halogens is 1. The van der Waals surface area contributed by atoms with Gasteiger partial charge in [-0.2, -0.15) is 5.26 Å². The van der Waals surface area contributed by atoms with Crippen molar-refractivity contribution in [2.75, 3.05) is 51.2 Å². The smallest absolute Gasteiger partial charge is 0.238 e. The van der Waals surface area contributed by atoms with E-state index in [1.807, 2.05) is 11.0 Å². The van der Waals surface area contributed by atoms with E-state index in [1.165, 1.54) is 12.1 Å². The highest BCUT2D eigenvalue weighted by atomic mass is 19.1. The first kappa shape index (κ1) is 21.7. The van der Waals surface area contributed by atoms with Crippen molar-refractivity contribution in [1.82, 2.24) is 9.80 Å². The van der Waals surface area contributed by atoms with Crippen LogP contribution in [0.1, 0.15) is 5.56 Å². The number of aliphatic hydroxyl groups excluding tert-OH is 1. The zero-order chi connectivity index (χ0) is 21.3. The molecule has 2 aromatic rings. The zero-order valence-electron chi connectivity index (χ0n) is 16.6. The van der Waals surface area contributed by atoms with Gasteiger partial charge in [0.15, 0.2) is 0 Å². The Balaban J connectivity index is 1.34. The summed E-state index contributed by atoms with van der Waals surface area (Å²) in [6, 6.07) is 14.6. The number of anilines is 1. The van der Waals surface area contributed by atoms with E-state index in [9.17, 15) is 14.3 Å². The van der Waals surface area contributed by atoms with Crippen LogP contribution in [0.3, 0.4) is 0 Å². The summed E-state index contributed by atoms with van der Waals surface area (Å²) < 4.78 is 18.8. The number of ether oxygens (including phenoxy) is 1. The molecule has 1 amide bonds. The van der Waals surface area contributed by atoms with Crippen LogP contribution in [-0.2, 0) is 4.79 Å². The van der Waals surface area contributed by atoms with Crippen molar-refractivity contribution < 1.29 is 19.0 Å². The van der Waals surface area contributed by atoms with Crippen LogP contribution >= 0.6 is 0 Å². The number of aliphatic hydroxyl groups is 1. The molecule has 1 aliphatic rings. The van der Waals surface area contributed by atoms with Crippen molar-refractivity contribution in [2.45, 2.75) is 6.10 Å². The number of nitrogens with one attached hydrogen (secondary N) is 1. The molecule has 8 heteroatoms. The fourth-order valence-electron chi connectivity index (χ4n) is 3.27. The van der Waals surface area contributed by atoms with Crippen LogP contribution in [0.2, 0.25) is 0 Å². The van der Waals surface area contributed by atoms with Gasteiger partial charge >= 0.3 is 0 Å². The van der Waals surface area contributed by atoms with Crippen LogP contribution in [-0.4, -0.2) is 72.8 Å². The van der Waals surface area contributed by atoms with Crippen molar-refractivity contribution in [3.8, 4) is 11.8 Å². The van der Waals surface area contributed by atoms with Gasteiger partial charge in [0.2, 0.25) is 5.91 Å². The largest absolute Gasteiger partial charge is 0.491 e. The number of hydrogen-bond donors (Lipinski definition) is 2. The van der Waals surface area contributed by atoms with E-state index in [0.717, 1.165) is 13.1 Å². The number of piperazine rings is 1. The summed E-state index contributed by atoms with van der Waals surface area (Å²) in [7, 11) is 0. The molecule has 0 aliphatic carbocycles. The third kappa shape index (κ3) is 6.81. The maximum absolute atomic E-state index is 13.2. The van der Waals surface area contributed by atoms with Gasteiger partial charge in [-0.1, -0.05) is 6.07 Å². The first-order valence-corrected chi connectivity index (χ1v) is 9.83. The topological polar surface area (TPSA) is 88.8 Å². The molecule has 7 nitrogen and oxygen atoms in total. The van der Waals surface area contributed by atoms with Gasteiger partial charge in [0.25, 0.3) is 0 Å². The molecule has 1 aliphatic heterocycles. The molecule has 2 aromatic carbocycles. The Morgan fingerprint density at radius 2 is 1.87 bits per heavy atom. The average Bonchev–Trinajstić information content (AvgIpc) is 2.74. The number of benzene rings is 2. The van der Waals surface area contributed by atoms with Gasteiger partial charge in [0, 0.05) is 38.4 Å². The Bertz CT molecular complexity index is 877. The second-order valence-corrected chi connectivity index (χ2v) is 7.24. The third-order valence-corrected chi connectivity index (χ3v) is 4.84. The highest BCUT2D eigenvalue weighted by Crippen LogP contribution is 2.13. The van der Waals surface area contributed by atoms with Gasteiger partial charge in [-0.25, -0.2) is 4.39 Å². The summed E-state index contributed by atoms with van der Waals surface area (Å²) in [6.07, 6.45) is -0.636. The van der Waals surface area contributed by atoms with Crippen molar-refractivity contribution in [1.29, 1.82) is 5.26 Å². The Labute approximate surface area is 175 Å². The van der Waals surface area contributed by atoms with E-state index in [-0.39, 0.29) is 24.9 Å². The molecule has 0 unspecified atom stereocenters. The van der Waals surface area contributed by atoms with E-state index >= 15 is 0 Å². The van der Waals surface area contributed by atoms with E-state index in [1.54, 1.807) is 36.4 Å². The van der Waals surface area contributed by atoms with Crippen LogP contribution in [0.15, 0.2) is 48.5 Å². The van der Waals surface area contributed by atoms with Crippen molar-refractivity contribution in [3.63, 3.8) is 0 Å². The lowest BCUT2D eigenvalue weighted by Crippen LogP contribution is -2.50.